The van der Waals surface area contributed by atoms with Crippen molar-refractivity contribution < 1.29 is 22.8 Å². The lowest BCUT2D eigenvalue weighted by atomic mass is 10.2. The third kappa shape index (κ3) is 4.91. The first-order valence-corrected chi connectivity index (χ1v) is 9.59. The number of carbonyl (C=O) groups excluding carboxylic acids is 1. The Morgan fingerprint density at radius 2 is 1.45 bits per heavy atom. The summed E-state index contributed by atoms with van der Waals surface area (Å²) >= 11 is 0. The molecule has 0 saturated carbocycles. The zero-order valence-electron chi connectivity index (χ0n) is 13.8. The van der Waals surface area contributed by atoms with Crippen LogP contribution in [0, 0.1) is 0 Å². The molecule has 6 heteroatoms. The molecule has 0 spiro atoms. The van der Waals surface area contributed by atoms with Crippen molar-refractivity contribution in [1.82, 2.24) is 0 Å². The van der Waals surface area contributed by atoms with Crippen LogP contribution in [-0.2, 0) is 13.3 Å². The van der Waals surface area contributed by atoms with Crippen molar-refractivity contribution in [1.29, 1.82) is 0 Å². The van der Waals surface area contributed by atoms with E-state index in [1.807, 2.05) is 27.7 Å². The third-order valence-electron chi connectivity index (χ3n) is 3.10. The van der Waals surface area contributed by atoms with Crippen molar-refractivity contribution in [2.24, 2.45) is 0 Å². The van der Waals surface area contributed by atoms with Gasteiger partial charge in [-0.1, -0.05) is 6.92 Å². The number of rotatable bonds is 11. The van der Waals surface area contributed by atoms with Gasteiger partial charge in [0.1, 0.15) is 12.0 Å². The standard InChI is InChI=1S/C16H26O5Si/c1-5-16(21-15-11-9-14(13-17)10-12-15)22(18-6-2,19-7-3)20-8-4/h9-13,16H,5-8H2,1-4H3. The number of ether oxygens (including phenoxy) is 1. The van der Waals surface area contributed by atoms with Gasteiger partial charge in [0.15, 0.2) is 5.73 Å². The molecule has 1 atom stereocenters. The second-order valence-corrected chi connectivity index (χ2v) is 7.32. The highest BCUT2D eigenvalue weighted by Crippen LogP contribution is 2.24. The maximum absolute atomic E-state index is 10.7. The third-order valence-corrected chi connectivity index (χ3v) is 6.48. The fourth-order valence-electron chi connectivity index (χ4n) is 2.20. The second kappa shape index (κ2) is 9.73. The van der Waals surface area contributed by atoms with Gasteiger partial charge in [-0.3, -0.25) is 4.79 Å². The molecule has 5 nitrogen and oxygen atoms in total. The summed E-state index contributed by atoms with van der Waals surface area (Å²) in [6.07, 6.45) is 1.52. The molecule has 1 rings (SSSR count). The van der Waals surface area contributed by atoms with Crippen LogP contribution in [-0.4, -0.2) is 40.6 Å². The Morgan fingerprint density at radius 3 is 1.82 bits per heavy atom. The summed E-state index contributed by atoms with van der Waals surface area (Å²) in [5.74, 6) is 0.674. The molecule has 0 aliphatic rings. The van der Waals surface area contributed by atoms with E-state index in [0.717, 1.165) is 6.29 Å². The molecule has 1 aromatic carbocycles. The van der Waals surface area contributed by atoms with Gasteiger partial charge in [-0.15, -0.1) is 0 Å². The molecule has 0 fully saturated rings. The van der Waals surface area contributed by atoms with Crippen LogP contribution in [0.3, 0.4) is 0 Å². The molecular weight excluding hydrogens is 300 g/mol. The predicted molar refractivity (Wildman–Crippen MR) is 87.2 cm³/mol. The molecule has 0 aliphatic carbocycles. The van der Waals surface area contributed by atoms with Crippen molar-refractivity contribution in [2.45, 2.75) is 39.8 Å². The number of hydrogen-bond acceptors (Lipinski definition) is 5. The summed E-state index contributed by atoms with van der Waals surface area (Å²) in [5, 5.41) is 0. The first-order chi connectivity index (χ1) is 10.7. The fourth-order valence-corrected chi connectivity index (χ4v) is 5.00. The molecule has 1 aromatic rings. The number of carbonyl (C=O) groups is 1. The number of hydrogen-bond donors (Lipinski definition) is 0. The SMILES string of the molecule is CCO[Si](OCC)(OCC)C(CC)Oc1ccc(C=O)cc1. The molecule has 0 amide bonds. The Kier molecular flexibility index (Phi) is 8.33. The van der Waals surface area contributed by atoms with Crippen LogP contribution in [0.1, 0.15) is 44.5 Å². The molecule has 0 aliphatic heterocycles. The lowest BCUT2D eigenvalue weighted by molar-refractivity contribution is 0.0283. The molecule has 1 unspecified atom stereocenters. The zero-order valence-corrected chi connectivity index (χ0v) is 14.8. The summed E-state index contributed by atoms with van der Waals surface area (Å²) in [6, 6.07) is 6.99. The van der Waals surface area contributed by atoms with E-state index in [9.17, 15) is 4.79 Å². The lowest BCUT2D eigenvalue weighted by Gasteiger charge is -2.34. The Labute approximate surface area is 133 Å². The van der Waals surface area contributed by atoms with Crippen molar-refractivity contribution in [3.05, 3.63) is 29.8 Å². The van der Waals surface area contributed by atoms with Crippen LogP contribution in [0.2, 0.25) is 0 Å². The molecule has 0 heterocycles. The predicted octanol–water partition coefficient (Wildman–Crippen LogP) is 3.24. The molecule has 0 N–H and O–H groups in total. The van der Waals surface area contributed by atoms with Gasteiger partial charge in [-0.2, -0.15) is 0 Å². The molecule has 0 saturated heterocycles. The average molecular weight is 326 g/mol. The van der Waals surface area contributed by atoms with Gasteiger partial charge in [-0.05, 0) is 51.5 Å². The van der Waals surface area contributed by atoms with Gasteiger partial charge in [0, 0.05) is 25.4 Å². The molecule has 0 bridgehead atoms. The average Bonchev–Trinajstić information content (AvgIpc) is 2.53. The Hall–Kier alpha value is -1.21. The minimum Gasteiger partial charge on any atom is -0.486 e. The molecular formula is C16H26O5Si. The van der Waals surface area contributed by atoms with E-state index < -0.39 is 8.80 Å². The molecule has 0 radical (unpaired) electrons. The lowest BCUT2D eigenvalue weighted by Crippen LogP contribution is -2.58. The monoisotopic (exact) mass is 326 g/mol. The van der Waals surface area contributed by atoms with E-state index in [0.29, 0.717) is 37.6 Å². The summed E-state index contributed by atoms with van der Waals surface area (Å²) in [6.45, 7) is 9.31. The zero-order chi connectivity index (χ0) is 16.4. The summed E-state index contributed by atoms with van der Waals surface area (Å²) in [5.41, 5.74) is 0.331. The Balaban J connectivity index is 2.97. The van der Waals surface area contributed by atoms with Crippen molar-refractivity contribution >= 4 is 15.1 Å². The quantitative estimate of drug-likeness (QED) is 0.461. The van der Waals surface area contributed by atoms with Crippen molar-refractivity contribution in [2.75, 3.05) is 19.8 Å². The first-order valence-electron chi connectivity index (χ1n) is 7.79. The minimum atomic E-state index is -2.92. The van der Waals surface area contributed by atoms with E-state index in [2.05, 4.69) is 0 Å². The van der Waals surface area contributed by atoms with Gasteiger partial charge in [0.2, 0.25) is 0 Å². The van der Waals surface area contributed by atoms with Crippen molar-refractivity contribution in [3.8, 4) is 5.75 Å². The maximum Gasteiger partial charge on any atom is 0.543 e. The minimum absolute atomic E-state index is 0.283. The highest BCUT2D eigenvalue weighted by molar-refractivity contribution is 6.62. The van der Waals surface area contributed by atoms with Crippen LogP contribution in [0.15, 0.2) is 24.3 Å². The van der Waals surface area contributed by atoms with Gasteiger partial charge in [0.25, 0.3) is 0 Å². The van der Waals surface area contributed by atoms with Crippen LogP contribution >= 0.6 is 0 Å². The van der Waals surface area contributed by atoms with E-state index in [1.54, 1.807) is 24.3 Å². The van der Waals surface area contributed by atoms with Gasteiger partial charge >= 0.3 is 8.80 Å². The highest BCUT2D eigenvalue weighted by atomic mass is 28.4. The normalized spacial score (nSPS) is 12.9. The summed E-state index contributed by atoms with van der Waals surface area (Å²) in [7, 11) is -2.92. The second-order valence-electron chi connectivity index (χ2n) is 4.60. The van der Waals surface area contributed by atoms with E-state index in [4.69, 9.17) is 18.0 Å². The topological polar surface area (TPSA) is 54.0 Å². The number of aldehydes is 1. The van der Waals surface area contributed by atoms with E-state index >= 15 is 0 Å². The maximum atomic E-state index is 10.7. The van der Waals surface area contributed by atoms with Gasteiger partial charge < -0.3 is 18.0 Å². The summed E-state index contributed by atoms with van der Waals surface area (Å²) < 4.78 is 23.7. The van der Waals surface area contributed by atoms with Crippen LogP contribution in [0.25, 0.3) is 0 Å². The number of benzene rings is 1. The fraction of sp³-hybridized carbons (Fsp3) is 0.562. The van der Waals surface area contributed by atoms with Crippen LogP contribution < -0.4 is 4.74 Å². The largest absolute Gasteiger partial charge is 0.543 e. The van der Waals surface area contributed by atoms with Crippen LogP contribution in [0.4, 0.5) is 0 Å². The van der Waals surface area contributed by atoms with Crippen molar-refractivity contribution in [3.63, 3.8) is 0 Å². The highest BCUT2D eigenvalue weighted by Gasteiger charge is 2.50. The van der Waals surface area contributed by atoms with E-state index in [1.165, 1.54) is 0 Å². The van der Waals surface area contributed by atoms with Crippen LogP contribution in [0.5, 0.6) is 5.75 Å². The molecule has 124 valence electrons. The van der Waals surface area contributed by atoms with Gasteiger partial charge in [0.05, 0.1) is 0 Å². The van der Waals surface area contributed by atoms with Gasteiger partial charge in [-0.25, -0.2) is 0 Å². The Bertz CT molecular complexity index is 418. The van der Waals surface area contributed by atoms with E-state index in [-0.39, 0.29) is 5.73 Å². The smallest absolute Gasteiger partial charge is 0.486 e. The Morgan fingerprint density at radius 1 is 0.955 bits per heavy atom. The first kappa shape index (κ1) is 18.8. The summed E-state index contributed by atoms with van der Waals surface area (Å²) in [4.78, 5) is 10.7. The molecule has 0 aromatic heterocycles. The molecule has 22 heavy (non-hydrogen) atoms.